The maximum Gasteiger partial charge on any atom is 0.308 e. The van der Waals surface area contributed by atoms with Crippen LogP contribution in [0.3, 0.4) is 0 Å². The molecule has 1 atom stereocenters. The maximum atomic E-state index is 11.9. The number of hydrogen-bond donors (Lipinski definition) is 2. The second-order valence-corrected chi connectivity index (χ2v) is 4.60. The van der Waals surface area contributed by atoms with Crippen molar-refractivity contribution in [1.82, 2.24) is 10.5 Å². The minimum Gasteiger partial charge on any atom is -0.481 e. The van der Waals surface area contributed by atoms with Gasteiger partial charge in [0.05, 0.1) is 5.92 Å². The molecular weight excluding hydrogens is 272 g/mol. The Hall–Kier alpha value is -2.63. The van der Waals surface area contributed by atoms with Crippen LogP contribution >= 0.6 is 0 Å². The molecule has 1 aromatic heterocycles. The molecule has 0 aliphatic carbocycles. The molecule has 1 aromatic carbocycles. The van der Waals surface area contributed by atoms with Crippen molar-refractivity contribution in [2.24, 2.45) is 5.92 Å². The Morgan fingerprint density at radius 1 is 1.33 bits per heavy atom. The molecule has 1 amide bonds. The van der Waals surface area contributed by atoms with Gasteiger partial charge >= 0.3 is 5.97 Å². The predicted molar refractivity (Wildman–Crippen MR) is 75.7 cm³/mol. The lowest BCUT2D eigenvalue weighted by Gasteiger charge is -2.09. The molecule has 6 heteroatoms. The molecule has 0 fully saturated rings. The third-order valence-corrected chi connectivity index (χ3v) is 3.15. The Balaban J connectivity index is 2.01. The number of benzene rings is 1. The topological polar surface area (TPSA) is 92.4 Å². The van der Waals surface area contributed by atoms with Crippen LogP contribution in [0.5, 0.6) is 0 Å². The van der Waals surface area contributed by atoms with E-state index in [0.717, 1.165) is 5.56 Å². The average molecular weight is 288 g/mol. The van der Waals surface area contributed by atoms with Gasteiger partial charge < -0.3 is 14.9 Å². The van der Waals surface area contributed by atoms with Crippen molar-refractivity contribution < 1.29 is 19.2 Å². The Labute approximate surface area is 121 Å². The summed E-state index contributed by atoms with van der Waals surface area (Å²) in [6.07, 6.45) is 0.446. The molecule has 2 rings (SSSR count). The van der Waals surface area contributed by atoms with E-state index in [1.54, 1.807) is 6.92 Å². The number of carbonyl (C=O) groups excluding carboxylic acids is 1. The van der Waals surface area contributed by atoms with Gasteiger partial charge in [-0.15, -0.1) is 0 Å². The number of nitrogens with zero attached hydrogens (tertiary/aromatic N) is 1. The molecule has 0 aliphatic heterocycles. The van der Waals surface area contributed by atoms with Gasteiger partial charge in [-0.2, -0.15) is 0 Å². The van der Waals surface area contributed by atoms with Crippen LogP contribution in [0.4, 0.5) is 0 Å². The molecule has 0 saturated heterocycles. The highest BCUT2D eigenvalue weighted by Gasteiger charge is 2.19. The van der Waals surface area contributed by atoms with E-state index in [-0.39, 0.29) is 12.3 Å². The number of carboxylic acid groups (broad SMARTS) is 1. The first kappa shape index (κ1) is 14.8. The summed E-state index contributed by atoms with van der Waals surface area (Å²) in [5.41, 5.74) is 1.41. The highest BCUT2D eigenvalue weighted by atomic mass is 16.5. The van der Waals surface area contributed by atoms with Crippen LogP contribution in [0, 0.1) is 5.92 Å². The molecule has 0 spiro atoms. The van der Waals surface area contributed by atoms with Crippen molar-refractivity contribution in [3.63, 3.8) is 0 Å². The number of carbonyl (C=O) groups is 2. The smallest absolute Gasteiger partial charge is 0.308 e. The molecule has 0 bridgehead atoms. The fourth-order valence-electron chi connectivity index (χ4n) is 1.84. The van der Waals surface area contributed by atoms with Crippen molar-refractivity contribution in [1.29, 1.82) is 0 Å². The maximum absolute atomic E-state index is 11.9. The monoisotopic (exact) mass is 288 g/mol. The molecule has 0 radical (unpaired) electrons. The highest BCUT2D eigenvalue weighted by molar-refractivity contribution is 5.92. The van der Waals surface area contributed by atoms with Gasteiger partial charge in [-0.1, -0.05) is 42.4 Å². The number of rotatable bonds is 6. The van der Waals surface area contributed by atoms with E-state index in [0.29, 0.717) is 12.1 Å². The molecule has 0 saturated carbocycles. The second-order valence-electron chi connectivity index (χ2n) is 4.60. The van der Waals surface area contributed by atoms with E-state index in [9.17, 15) is 9.59 Å². The first-order chi connectivity index (χ1) is 10.1. The average Bonchev–Trinajstić information content (AvgIpc) is 2.98. The number of aliphatic carboxylic acids is 1. The molecule has 21 heavy (non-hydrogen) atoms. The fourth-order valence-corrected chi connectivity index (χ4v) is 1.84. The van der Waals surface area contributed by atoms with Crippen LogP contribution in [-0.2, 0) is 4.79 Å². The van der Waals surface area contributed by atoms with Crippen molar-refractivity contribution in [3.8, 4) is 11.3 Å². The molecule has 2 aromatic rings. The van der Waals surface area contributed by atoms with Gasteiger partial charge in [0, 0.05) is 18.2 Å². The number of carboxylic acids is 1. The standard InChI is InChI=1S/C15H16N2O4/c1-2-10(15(19)20)9-16-14(18)13-8-12(17-21-13)11-6-4-3-5-7-11/h3-8,10H,2,9H2,1H3,(H,16,18)(H,19,20). The van der Waals surface area contributed by atoms with Crippen molar-refractivity contribution in [2.45, 2.75) is 13.3 Å². The van der Waals surface area contributed by atoms with E-state index in [2.05, 4.69) is 10.5 Å². The quantitative estimate of drug-likeness (QED) is 0.850. The summed E-state index contributed by atoms with van der Waals surface area (Å²) in [7, 11) is 0. The second kappa shape index (κ2) is 6.69. The lowest BCUT2D eigenvalue weighted by atomic mass is 10.1. The van der Waals surface area contributed by atoms with Crippen LogP contribution in [0.15, 0.2) is 40.9 Å². The van der Waals surface area contributed by atoms with Gasteiger partial charge in [-0.3, -0.25) is 9.59 Å². The zero-order valence-corrected chi connectivity index (χ0v) is 11.6. The van der Waals surface area contributed by atoms with Gasteiger partial charge in [0.15, 0.2) is 0 Å². The number of nitrogens with one attached hydrogen (secondary N) is 1. The van der Waals surface area contributed by atoms with E-state index >= 15 is 0 Å². The van der Waals surface area contributed by atoms with Crippen LogP contribution in [0.2, 0.25) is 0 Å². The Kier molecular flexibility index (Phi) is 4.71. The van der Waals surface area contributed by atoms with E-state index in [1.807, 2.05) is 30.3 Å². The van der Waals surface area contributed by atoms with Crippen molar-refractivity contribution >= 4 is 11.9 Å². The lowest BCUT2D eigenvalue weighted by molar-refractivity contribution is -0.141. The molecule has 0 aliphatic rings. The molecular formula is C15H16N2O4. The van der Waals surface area contributed by atoms with Crippen molar-refractivity contribution in [3.05, 3.63) is 42.2 Å². The highest BCUT2D eigenvalue weighted by Crippen LogP contribution is 2.18. The summed E-state index contributed by atoms with van der Waals surface area (Å²) in [5, 5.41) is 15.3. The van der Waals surface area contributed by atoms with Gasteiger partial charge in [0.1, 0.15) is 5.69 Å². The summed E-state index contributed by atoms with van der Waals surface area (Å²) in [5.74, 6) is -1.94. The first-order valence-corrected chi connectivity index (χ1v) is 6.65. The van der Waals surface area contributed by atoms with Crippen LogP contribution < -0.4 is 5.32 Å². The van der Waals surface area contributed by atoms with Crippen LogP contribution in [0.25, 0.3) is 11.3 Å². The summed E-state index contributed by atoms with van der Waals surface area (Å²) in [6.45, 7) is 1.82. The van der Waals surface area contributed by atoms with Crippen LogP contribution in [0.1, 0.15) is 23.9 Å². The number of hydrogen-bond acceptors (Lipinski definition) is 4. The third kappa shape index (κ3) is 3.68. The Bertz CT molecular complexity index is 622. The van der Waals surface area contributed by atoms with Crippen LogP contribution in [-0.4, -0.2) is 28.7 Å². The third-order valence-electron chi connectivity index (χ3n) is 3.15. The van der Waals surface area contributed by atoms with Crippen molar-refractivity contribution in [2.75, 3.05) is 6.54 Å². The van der Waals surface area contributed by atoms with E-state index in [1.165, 1.54) is 6.07 Å². The SMILES string of the molecule is CCC(CNC(=O)c1cc(-c2ccccc2)no1)C(=O)O. The predicted octanol–water partition coefficient (Wildman–Crippen LogP) is 2.18. The van der Waals surface area contributed by atoms with E-state index in [4.69, 9.17) is 9.63 Å². The van der Waals surface area contributed by atoms with Gasteiger partial charge in [0.2, 0.25) is 5.76 Å². The summed E-state index contributed by atoms with van der Waals surface area (Å²) < 4.78 is 5.00. The molecule has 110 valence electrons. The summed E-state index contributed by atoms with van der Waals surface area (Å²) in [6, 6.07) is 10.9. The van der Waals surface area contributed by atoms with E-state index < -0.39 is 17.8 Å². The first-order valence-electron chi connectivity index (χ1n) is 6.65. The molecule has 1 unspecified atom stereocenters. The number of amides is 1. The van der Waals surface area contributed by atoms with Gasteiger partial charge in [-0.25, -0.2) is 0 Å². The zero-order chi connectivity index (χ0) is 15.2. The Morgan fingerprint density at radius 3 is 2.67 bits per heavy atom. The normalized spacial score (nSPS) is 11.9. The zero-order valence-electron chi connectivity index (χ0n) is 11.6. The van der Waals surface area contributed by atoms with Gasteiger partial charge in [0.25, 0.3) is 5.91 Å². The van der Waals surface area contributed by atoms with Gasteiger partial charge in [-0.05, 0) is 6.42 Å². The molecule has 1 heterocycles. The minimum atomic E-state index is -0.930. The Morgan fingerprint density at radius 2 is 2.05 bits per heavy atom. The lowest BCUT2D eigenvalue weighted by Crippen LogP contribution is -2.32. The minimum absolute atomic E-state index is 0.0615. The molecule has 6 nitrogen and oxygen atoms in total. The fraction of sp³-hybridized carbons (Fsp3) is 0.267. The molecule has 2 N–H and O–H groups in total. The number of aromatic nitrogens is 1. The largest absolute Gasteiger partial charge is 0.481 e. The summed E-state index contributed by atoms with van der Waals surface area (Å²) >= 11 is 0. The summed E-state index contributed by atoms with van der Waals surface area (Å²) in [4.78, 5) is 22.8.